The second kappa shape index (κ2) is 5.16. The molecule has 0 aliphatic rings. The van der Waals surface area contributed by atoms with Crippen LogP contribution in [-0.4, -0.2) is 27.6 Å². The molecule has 0 aliphatic heterocycles. The van der Waals surface area contributed by atoms with E-state index in [0.29, 0.717) is 5.69 Å². The highest BCUT2D eigenvalue weighted by Crippen LogP contribution is 2.17. The van der Waals surface area contributed by atoms with Gasteiger partial charge in [-0.2, -0.15) is 5.10 Å². The van der Waals surface area contributed by atoms with E-state index >= 15 is 0 Å². The molecular formula is C14H16N4O2. The molecule has 0 atom stereocenters. The van der Waals surface area contributed by atoms with Crippen molar-refractivity contribution in [1.29, 1.82) is 0 Å². The number of primary amides is 1. The number of carbonyl (C=O) groups is 2. The molecule has 0 radical (unpaired) electrons. The Labute approximate surface area is 116 Å². The van der Waals surface area contributed by atoms with Gasteiger partial charge in [0.25, 0.3) is 5.91 Å². The van der Waals surface area contributed by atoms with Crippen LogP contribution in [0.3, 0.4) is 0 Å². The van der Waals surface area contributed by atoms with E-state index in [1.807, 2.05) is 30.3 Å². The van der Waals surface area contributed by atoms with Crippen molar-refractivity contribution in [3.63, 3.8) is 0 Å². The summed E-state index contributed by atoms with van der Waals surface area (Å²) in [4.78, 5) is 23.2. The first-order valence-corrected chi connectivity index (χ1v) is 6.13. The van der Waals surface area contributed by atoms with Gasteiger partial charge in [-0.05, 0) is 19.9 Å². The first kappa shape index (κ1) is 13.8. The SMILES string of the molecule is CC(C)(NC(=O)c1cc(-c2ccccc2)n[nH]1)C(N)=O. The van der Waals surface area contributed by atoms with Crippen molar-refractivity contribution in [3.05, 3.63) is 42.1 Å². The molecule has 4 N–H and O–H groups in total. The van der Waals surface area contributed by atoms with Gasteiger partial charge in [0.1, 0.15) is 11.2 Å². The first-order chi connectivity index (χ1) is 9.40. The van der Waals surface area contributed by atoms with E-state index < -0.39 is 17.4 Å². The van der Waals surface area contributed by atoms with Gasteiger partial charge in [0.15, 0.2) is 0 Å². The summed E-state index contributed by atoms with van der Waals surface area (Å²) in [5, 5.41) is 9.28. The number of nitrogens with one attached hydrogen (secondary N) is 2. The molecule has 2 rings (SSSR count). The molecule has 2 amide bonds. The van der Waals surface area contributed by atoms with Crippen molar-refractivity contribution in [2.45, 2.75) is 19.4 Å². The third kappa shape index (κ3) is 2.85. The minimum Gasteiger partial charge on any atom is -0.368 e. The van der Waals surface area contributed by atoms with Crippen LogP contribution in [0.25, 0.3) is 11.3 Å². The van der Waals surface area contributed by atoms with Crippen molar-refractivity contribution in [2.24, 2.45) is 5.73 Å². The van der Waals surface area contributed by atoms with E-state index in [1.54, 1.807) is 19.9 Å². The van der Waals surface area contributed by atoms with Crippen molar-refractivity contribution in [1.82, 2.24) is 15.5 Å². The van der Waals surface area contributed by atoms with Gasteiger partial charge >= 0.3 is 0 Å². The largest absolute Gasteiger partial charge is 0.368 e. The summed E-state index contributed by atoms with van der Waals surface area (Å²) in [5.74, 6) is -1.03. The molecule has 104 valence electrons. The Balaban J connectivity index is 2.17. The summed E-state index contributed by atoms with van der Waals surface area (Å²) in [6.45, 7) is 3.09. The minimum absolute atomic E-state index is 0.276. The summed E-state index contributed by atoms with van der Waals surface area (Å²) in [5.41, 5.74) is 5.93. The van der Waals surface area contributed by atoms with Crippen LogP contribution in [0, 0.1) is 0 Å². The third-order valence-corrected chi connectivity index (χ3v) is 2.93. The Morgan fingerprint density at radius 2 is 1.90 bits per heavy atom. The molecule has 20 heavy (non-hydrogen) atoms. The average Bonchev–Trinajstić information content (AvgIpc) is 2.88. The Morgan fingerprint density at radius 1 is 1.25 bits per heavy atom. The summed E-state index contributed by atoms with van der Waals surface area (Å²) in [6, 6.07) is 11.1. The number of rotatable bonds is 4. The number of carbonyl (C=O) groups excluding carboxylic acids is 2. The summed E-state index contributed by atoms with van der Waals surface area (Å²) >= 11 is 0. The molecule has 0 bridgehead atoms. The highest BCUT2D eigenvalue weighted by molar-refractivity contribution is 5.97. The van der Waals surface area contributed by atoms with Crippen molar-refractivity contribution < 1.29 is 9.59 Å². The summed E-state index contributed by atoms with van der Waals surface area (Å²) in [7, 11) is 0. The summed E-state index contributed by atoms with van der Waals surface area (Å²) in [6.07, 6.45) is 0. The number of hydrogen-bond acceptors (Lipinski definition) is 3. The maximum absolute atomic E-state index is 12.0. The Bertz CT molecular complexity index is 632. The highest BCUT2D eigenvalue weighted by atomic mass is 16.2. The van der Waals surface area contributed by atoms with Crippen LogP contribution in [0.2, 0.25) is 0 Å². The molecule has 1 heterocycles. The van der Waals surface area contributed by atoms with Crippen LogP contribution in [0.5, 0.6) is 0 Å². The first-order valence-electron chi connectivity index (χ1n) is 6.13. The van der Waals surface area contributed by atoms with Crippen LogP contribution < -0.4 is 11.1 Å². The monoisotopic (exact) mass is 272 g/mol. The van der Waals surface area contributed by atoms with Gasteiger partial charge in [0.2, 0.25) is 5.91 Å². The standard InChI is InChI=1S/C14H16N4O2/c1-14(2,13(15)20)16-12(19)11-8-10(17-18-11)9-6-4-3-5-7-9/h3-8H,1-2H3,(H2,15,20)(H,16,19)(H,17,18). The van der Waals surface area contributed by atoms with Crippen LogP contribution >= 0.6 is 0 Å². The van der Waals surface area contributed by atoms with E-state index in [1.165, 1.54) is 0 Å². The molecule has 1 aromatic heterocycles. The van der Waals surface area contributed by atoms with E-state index in [0.717, 1.165) is 5.56 Å². The van der Waals surface area contributed by atoms with E-state index in [9.17, 15) is 9.59 Å². The molecule has 0 aliphatic carbocycles. The zero-order valence-corrected chi connectivity index (χ0v) is 11.3. The van der Waals surface area contributed by atoms with Gasteiger partial charge in [0.05, 0.1) is 5.69 Å². The average molecular weight is 272 g/mol. The molecule has 0 saturated carbocycles. The Kier molecular flexibility index (Phi) is 3.56. The zero-order valence-electron chi connectivity index (χ0n) is 11.3. The molecule has 6 heteroatoms. The second-order valence-electron chi connectivity index (χ2n) is 4.98. The van der Waals surface area contributed by atoms with E-state index in [4.69, 9.17) is 5.73 Å². The van der Waals surface area contributed by atoms with Crippen LogP contribution in [0.4, 0.5) is 0 Å². The van der Waals surface area contributed by atoms with Gasteiger partial charge in [-0.25, -0.2) is 0 Å². The summed E-state index contributed by atoms with van der Waals surface area (Å²) < 4.78 is 0. The van der Waals surface area contributed by atoms with E-state index in [2.05, 4.69) is 15.5 Å². The normalized spacial score (nSPS) is 11.1. The molecule has 0 fully saturated rings. The third-order valence-electron chi connectivity index (χ3n) is 2.93. The highest BCUT2D eigenvalue weighted by Gasteiger charge is 2.28. The van der Waals surface area contributed by atoms with E-state index in [-0.39, 0.29) is 5.69 Å². The maximum Gasteiger partial charge on any atom is 0.270 e. The zero-order chi connectivity index (χ0) is 14.8. The number of benzene rings is 1. The second-order valence-corrected chi connectivity index (χ2v) is 4.98. The van der Waals surface area contributed by atoms with Crippen LogP contribution in [0.15, 0.2) is 36.4 Å². The fraction of sp³-hybridized carbons (Fsp3) is 0.214. The molecule has 6 nitrogen and oxygen atoms in total. The van der Waals surface area contributed by atoms with Crippen LogP contribution in [-0.2, 0) is 4.79 Å². The number of H-pyrrole nitrogens is 1. The van der Waals surface area contributed by atoms with Gasteiger partial charge in [0, 0.05) is 5.56 Å². The van der Waals surface area contributed by atoms with Gasteiger partial charge in [-0.3, -0.25) is 14.7 Å². The quantitative estimate of drug-likeness (QED) is 0.776. The number of hydrogen-bond donors (Lipinski definition) is 3. The number of amides is 2. The Hall–Kier alpha value is -2.63. The smallest absolute Gasteiger partial charge is 0.270 e. The van der Waals surface area contributed by atoms with Gasteiger partial charge in [-0.1, -0.05) is 30.3 Å². The Morgan fingerprint density at radius 3 is 2.50 bits per heavy atom. The molecule has 1 aromatic carbocycles. The maximum atomic E-state index is 12.0. The number of nitrogens with zero attached hydrogens (tertiary/aromatic N) is 1. The lowest BCUT2D eigenvalue weighted by atomic mass is 10.0. The molecule has 0 unspecified atom stereocenters. The fourth-order valence-corrected chi connectivity index (χ4v) is 1.61. The molecule has 0 spiro atoms. The van der Waals surface area contributed by atoms with Crippen molar-refractivity contribution >= 4 is 11.8 Å². The molecule has 2 aromatic rings. The van der Waals surface area contributed by atoms with Crippen molar-refractivity contribution in [2.75, 3.05) is 0 Å². The predicted molar refractivity (Wildman–Crippen MR) is 74.8 cm³/mol. The van der Waals surface area contributed by atoms with Crippen LogP contribution in [0.1, 0.15) is 24.3 Å². The number of nitrogens with two attached hydrogens (primary N) is 1. The van der Waals surface area contributed by atoms with Gasteiger partial charge in [-0.15, -0.1) is 0 Å². The molecular weight excluding hydrogens is 256 g/mol. The topological polar surface area (TPSA) is 101 Å². The lowest BCUT2D eigenvalue weighted by molar-refractivity contribution is -0.122. The molecule has 0 saturated heterocycles. The fourth-order valence-electron chi connectivity index (χ4n) is 1.61. The lowest BCUT2D eigenvalue weighted by Crippen LogP contribution is -2.53. The predicted octanol–water partition coefficient (Wildman–Crippen LogP) is 1.07. The number of aromatic amines is 1. The van der Waals surface area contributed by atoms with Crippen molar-refractivity contribution in [3.8, 4) is 11.3 Å². The lowest BCUT2D eigenvalue weighted by Gasteiger charge is -2.21. The van der Waals surface area contributed by atoms with Gasteiger partial charge < -0.3 is 11.1 Å². The minimum atomic E-state index is -1.12. The number of aromatic nitrogens is 2.